The second-order valence-electron chi connectivity index (χ2n) is 5.52. The van der Waals surface area contributed by atoms with Crippen LogP contribution in [0.4, 0.5) is 17.5 Å². The van der Waals surface area contributed by atoms with Crippen LogP contribution in [0.25, 0.3) is 0 Å². The third kappa shape index (κ3) is 4.77. The first kappa shape index (κ1) is 18.3. The molecule has 0 radical (unpaired) electrons. The summed E-state index contributed by atoms with van der Waals surface area (Å²) in [6.45, 7) is 0.698. The summed E-state index contributed by atoms with van der Waals surface area (Å²) < 4.78 is 5.24. The summed E-state index contributed by atoms with van der Waals surface area (Å²) in [4.78, 5) is 8.68. The zero-order valence-corrected chi connectivity index (χ0v) is 15.7. The van der Waals surface area contributed by atoms with Crippen LogP contribution in [0.3, 0.4) is 0 Å². The maximum atomic E-state index is 6.18. The number of rotatable bonds is 7. The third-order valence-electron chi connectivity index (χ3n) is 3.70. The van der Waals surface area contributed by atoms with Crippen molar-refractivity contribution in [3.8, 4) is 5.75 Å². The summed E-state index contributed by atoms with van der Waals surface area (Å²) in [5.74, 6) is 1.99. The van der Waals surface area contributed by atoms with Crippen LogP contribution in [-0.4, -0.2) is 23.6 Å². The van der Waals surface area contributed by atoms with E-state index in [4.69, 9.17) is 27.9 Å². The molecule has 0 bridgehead atoms. The SMILES string of the molecule is COc1cccc(CCNc2nccc(Nc3c(Cl)cccc3Cl)n2)c1. The minimum Gasteiger partial charge on any atom is -0.497 e. The van der Waals surface area contributed by atoms with Crippen molar-refractivity contribution in [1.29, 1.82) is 0 Å². The monoisotopic (exact) mass is 388 g/mol. The van der Waals surface area contributed by atoms with E-state index in [0.29, 0.717) is 34.0 Å². The molecule has 0 saturated carbocycles. The number of halogens is 2. The molecule has 2 aromatic carbocycles. The topological polar surface area (TPSA) is 59.1 Å². The lowest BCUT2D eigenvalue weighted by Crippen LogP contribution is -2.08. The number of nitrogens with zero attached hydrogens (tertiary/aromatic N) is 2. The van der Waals surface area contributed by atoms with Crippen LogP contribution in [0.5, 0.6) is 5.75 Å². The van der Waals surface area contributed by atoms with Crippen LogP contribution >= 0.6 is 23.2 Å². The van der Waals surface area contributed by atoms with Crippen LogP contribution in [0.2, 0.25) is 10.0 Å². The van der Waals surface area contributed by atoms with Crippen LogP contribution in [0, 0.1) is 0 Å². The second kappa shape index (κ2) is 8.74. The van der Waals surface area contributed by atoms with Crippen molar-refractivity contribution in [2.45, 2.75) is 6.42 Å². The van der Waals surface area contributed by atoms with Crippen LogP contribution in [0.15, 0.2) is 54.7 Å². The quantitative estimate of drug-likeness (QED) is 0.582. The summed E-state index contributed by atoms with van der Waals surface area (Å²) in [5, 5.41) is 7.41. The van der Waals surface area contributed by atoms with E-state index >= 15 is 0 Å². The standard InChI is InChI=1S/C19H18Cl2N4O/c1-26-14-5-2-4-13(12-14)8-10-22-19-23-11-9-17(25-19)24-18-15(20)6-3-7-16(18)21/h2-7,9,11-12H,8,10H2,1H3,(H2,22,23,24,25). The fraction of sp³-hybridized carbons (Fsp3) is 0.158. The molecule has 0 atom stereocenters. The molecule has 5 nitrogen and oxygen atoms in total. The molecular weight excluding hydrogens is 371 g/mol. The first-order valence-electron chi connectivity index (χ1n) is 8.06. The average molecular weight is 389 g/mol. The highest BCUT2D eigenvalue weighted by atomic mass is 35.5. The van der Waals surface area contributed by atoms with Crippen LogP contribution in [-0.2, 0) is 6.42 Å². The molecule has 2 N–H and O–H groups in total. The molecule has 1 aromatic heterocycles. The molecule has 0 aliphatic rings. The second-order valence-corrected chi connectivity index (χ2v) is 6.33. The Morgan fingerprint density at radius 3 is 2.58 bits per heavy atom. The van der Waals surface area contributed by atoms with E-state index in [-0.39, 0.29) is 0 Å². The Hall–Kier alpha value is -2.50. The van der Waals surface area contributed by atoms with E-state index in [0.717, 1.165) is 12.2 Å². The molecule has 134 valence electrons. The molecule has 0 fully saturated rings. The highest BCUT2D eigenvalue weighted by molar-refractivity contribution is 6.39. The number of hydrogen-bond acceptors (Lipinski definition) is 5. The molecule has 0 unspecified atom stereocenters. The molecular formula is C19H18Cl2N4O. The molecule has 0 aliphatic carbocycles. The summed E-state index contributed by atoms with van der Waals surface area (Å²) in [6.07, 6.45) is 2.50. The van der Waals surface area contributed by atoms with Crippen molar-refractivity contribution in [2.75, 3.05) is 24.3 Å². The molecule has 0 aliphatic heterocycles. The highest BCUT2D eigenvalue weighted by Crippen LogP contribution is 2.32. The van der Waals surface area contributed by atoms with Gasteiger partial charge in [-0.05, 0) is 42.3 Å². The highest BCUT2D eigenvalue weighted by Gasteiger charge is 2.07. The van der Waals surface area contributed by atoms with Gasteiger partial charge in [-0.1, -0.05) is 41.4 Å². The first-order chi connectivity index (χ1) is 12.7. The minimum absolute atomic E-state index is 0.529. The molecule has 0 amide bonds. The van der Waals surface area contributed by atoms with E-state index in [9.17, 15) is 0 Å². The van der Waals surface area contributed by atoms with Crippen molar-refractivity contribution < 1.29 is 4.74 Å². The molecule has 0 spiro atoms. The summed E-state index contributed by atoms with van der Waals surface area (Å²) in [6, 6.07) is 15.1. The van der Waals surface area contributed by atoms with Gasteiger partial charge in [-0.25, -0.2) is 4.98 Å². The molecule has 3 rings (SSSR count). The number of anilines is 3. The first-order valence-corrected chi connectivity index (χ1v) is 8.82. The number of hydrogen-bond donors (Lipinski definition) is 2. The number of ether oxygens (including phenoxy) is 1. The van der Waals surface area contributed by atoms with Gasteiger partial charge in [0.05, 0.1) is 22.8 Å². The van der Waals surface area contributed by atoms with Gasteiger partial charge < -0.3 is 15.4 Å². The van der Waals surface area contributed by atoms with Crippen LogP contribution in [0.1, 0.15) is 5.56 Å². The van der Waals surface area contributed by atoms with Crippen molar-refractivity contribution in [3.63, 3.8) is 0 Å². The number of nitrogens with one attached hydrogen (secondary N) is 2. The third-order valence-corrected chi connectivity index (χ3v) is 4.33. The van der Waals surface area contributed by atoms with Gasteiger partial charge in [0.2, 0.25) is 5.95 Å². The zero-order valence-electron chi connectivity index (χ0n) is 14.2. The summed E-state index contributed by atoms with van der Waals surface area (Å²) in [5.41, 5.74) is 1.80. The van der Waals surface area contributed by atoms with Gasteiger partial charge in [0.1, 0.15) is 11.6 Å². The van der Waals surface area contributed by atoms with Gasteiger partial charge >= 0.3 is 0 Å². The Bertz CT molecular complexity index is 869. The zero-order chi connectivity index (χ0) is 18.4. The van der Waals surface area contributed by atoms with Gasteiger partial charge in [0.25, 0.3) is 0 Å². The average Bonchev–Trinajstić information content (AvgIpc) is 2.65. The minimum atomic E-state index is 0.529. The Labute approximate surface area is 162 Å². The van der Waals surface area contributed by atoms with Gasteiger partial charge in [-0.15, -0.1) is 0 Å². The summed E-state index contributed by atoms with van der Waals surface area (Å²) in [7, 11) is 1.66. The van der Waals surface area contributed by atoms with E-state index in [1.807, 2.05) is 18.2 Å². The molecule has 1 heterocycles. The van der Waals surface area contributed by atoms with Gasteiger partial charge in [0, 0.05) is 12.7 Å². The Morgan fingerprint density at radius 1 is 1.04 bits per heavy atom. The lowest BCUT2D eigenvalue weighted by Gasteiger charge is -2.11. The molecule has 0 saturated heterocycles. The summed E-state index contributed by atoms with van der Waals surface area (Å²) >= 11 is 12.4. The number of aromatic nitrogens is 2. The molecule has 3 aromatic rings. The number of benzene rings is 2. The Balaban J connectivity index is 1.62. The van der Waals surface area contributed by atoms with Crippen molar-refractivity contribution in [2.24, 2.45) is 0 Å². The fourth-order valence-electron chi connectivity index (χ4n) is 2.41. The van der Waals surface area contributed by atoms with Crippen molar-refractivity contribution >= 4 is 40.7 Å². The maximum Gasteiger partial charge on any atom is 0.224 e. The Morgan fingerprint density at radius 2 is 1.81 bits per heavy atom. The lowest BCUT2D eigenvalue weighted by molar-refractivity contribution is 0.414. The predicted molar refractivity (Wildman–Crippen MR) is 107 cm³/mol. The number of para-hydroxylation sites is 1. The fourth-order valence-corrected chi connectivity index (χ4v) is 2.90. The van der Waals surface area contributed by atoms with Gasteiger partial charge in [-0.2, -0.15) is 4.98 Å². The van der Waals surface area contributed by atoms with Crippen molar-refractivity contribution in [1.82, 2.24) is 9.97 Å². The predicted octanol–water partition coefficient (Wildman–Crippen LogP) is 5.19. The normalized spacial score (nSPS) is 10.4. The maximum absolute atomic E-state index is 6.18. The van der Waals surface area contributed by atoms with Gasteiger partial charge in [-0.3, -0.25) is 0 Å². The van der Waals surface area contributed by atoms with Gasteiger partial charge in [0.15, 0.2) is 0 Å². The smallest absolute Gasteiger partial charge is 0.224 e. The van der Waals surface area contributed by atoms with E-state index in [1.165, 1.54) is 5.56 Å². The Kier molecular flexibility index (Phi) is 6.15. The molecule has 26 heavy (non-hydrogen) atoms. The van der Waals surface area contributed by atoms with Crippen molar-refractivity contribution in [3.05, 3.63) is 70.3 Å². The van der Waals surface area contributed by atoms with E-state index in [1.54, 1.807) is 37.6 Å². The molecule has 7 heteroatoms. The van der Waals surface area contributed by atoms with Crippen LogP contribution < -0.4 is 15.4 Å². The van der Waals surface area contributed by atoms with E-state index in [2.05, 4.69) is 26.7 Å². The lowest BCUT2D eigenvalue weighted by atomic mass is 10.1. The van der Waals surface area contributed by atoms with E-state index < -0.39 is 0 Å². The number of methoxy groups -OCH3 is 1. The largest absolute Gasteiger partial charge is 0.497 e.